The zero-order valence-corrected chi connectivity index (χ0v) is 12.0. The van der Waals surface area contributed by atoms with Gasteiger partial charge < -0.3 is 10.6 Å². The van der Waals surface area contributed by atoms with E-state index in [-0.39, 0.29) is 0 Å². The molecule has 3 unspecified atom stereocenters. The Labute approximate surface area is 107 Å². The minimum absolute atomic E-state index is 0.644. The third-order valence-electron chi connectivity index (χ3n) is 4.25. The lowest BCUT2D eigenvalue weighted by atomic mass is 10.0. The summed E-state index contributed by atoms with van der Waals surface area (Å²) >= 11 is 0. The molecule has 0 radical (unpaired) electrons. The van der Waals surface area contributed by atoms with Gasteiger partial charge in [0.2, 0.25) is 0 Å². The Morgan fingerprint density at radius 2 is 1.82 bits per heavy atom. The van der Waals surface area contributed by atoms with Gasteiger partial charge in [0.25, 0.3) is 0 Å². The van der Waals surface area contributed by atoms with Gasteiger partial charge in [0.05, 0.1) is 0 Å². The molecule has 100 valence electrons. The van der Waals surface area contributed by atoms with Crippen LogP contribution in [0.1, 0.15) is 59.8 Å². The van der Waals surface area contributed by atoms with Gasteiger partial charge in [0, 0.05) is 24.2 Å². The fourth-order valence-corrected chi connectivity index (χ4v) is 2.98. The Bertz CT molecular complexity index is 239. The van der Waals surface area contributed by atoms with Gasteiger partial charge in [-0.1, -0.05) is 34.1 Å². The first-order chi connectivity index (χ1) is 8.10. The zero-order chi connectivity index (χ0) is 12.4. The van der Waals surface area contributed by atoms with E-state index in [1.165, 1.54) is 32.1 Å². The molecule has 17 heavy (non-hydrogen) atoms. The maximum atomic E-state index is 3.86. The molecule has 2 aliphatic carbocycles. The summed E-state index contributed by atoms with van der Waals surface area (Å²) in [5.41, 5.74) is 0. The van der Waals surface area contributed by atoms with Gasteiger partial charge in [-0.25, -0.2) is 0 Å². The summed E-state index contributed by atoms with van der Waals surface area (Å²) in [5, 5.41) is 7.52. The van der Waals surface area contributed by atoms with Crippen molar-refractivity contribution < 1.29 is 0 Å². The second kappa shape index (κ2) is 5.71. The van der Waals surface area contributed by atoms with Crippen molar-refractivity contribution in [2.45, 2.75) is 84.0 Å². The molecule has 0 amide bonds. The van der Waals surface area contributed by atoms with Crippen molar-refractivity contribution in [3.63, 3.8) is 0 Å². The molecule has 2 saturated carbocycles. The van der Waals surface area contributed by atoms with E-state index in [0.717, 1.165) is 30.0 Å². The molecular formula is C15H30N2. The van der Waals surface area contributed by atoms with E-state index >= 15 is 0 Å². The molecule has 0 aromatic heterocycles. The van der Waals surface area contributed by atoms with Crippen LogP contribution >= 0.6 is 0 Å². The lowest BCUT2D eigenvalue weighted by Gasteiger charge is -2.18. The lowest BCUT2D eigenvalue weighted by Crippen LogP contribution is -2.33. The van der Waals surface area contributed by atoms with Crippen molar-refractivity contribution >= 4 is 0 Å². The first-order valence-electron chi connectivity index (χ1n) is 7.62. The van der Waals surface area contributed by atoms with Gasteiger partial charge in [0.15, 0.2) is 0 Å². The van der Waals surface area contributed by atoms with Gasteiger partial charge in [-0.2, -0.15) is 0 Å². The molecule has 0 aromatic rings. The number of rotatable bonds is 8. The molecule has 0 aromatic carbocycles. The number of nitrogens with one attached hydrogen (secondary N) is 2. The maximum absolute atomic E-state index is 3.86. The molecule has 2 aliphatic rings. The van der Waals surface area contributed by atoms with Gasteiger partial charge in [-0.15, -0.1) is 0 Å². The highest BCUT2D eigenvalue weighted by Crippen LogP contribution is 2.37. The van der Waals surface area contributed by atoms with Gasteiger partial charge in [-0.3, -0.25) is 0 Å². The summed E-state index contributed by atoms with van der Waals surface area (Å²) in [5.74, 6) is 1.87. The predicted octanol–water partition coefficient (Wildman–Crippen LogP) is 2.93. The fraction of sp³-hybridized carbons (Fsp3) is 1.00. The first kappa shape index (κ1) is 13.4. The third kappa shape index (κ3) is 4.26. The Hall–Kier alpha value is -0.0800. The summed E-state index contributed by atoms with van der Waals surface area (Å²) in [6.45, 7) is 9.18. The summed E-state index contributed by atoms with van der Waals surface area (Å²) in [6.07, 6.45) is 6.86. The monoisotopic (exact) mass is 238 g/mol. The summed E-state index contributed by atoms with van der Waals surface area (Å²) in [4.78, 5) is 0. The second-order valence-electron chi connectivity index (χ2n) is 6.63. The molecule has 2 N–H and O–H groups in total. The van der Waals surface area contributed by atoms with Crippen LogP contribution in [0.5, 0.6) is 0 Å². The molecule has 2 heteroatoms. The quantitative estimate of drug-likeness (QED) is 0.679. The lowest BCUT2D eigenvalue weighted by molar-refractivity contribution is 0.406. The molecular weight excluding hydrogens is 208 g/mol. The van der Waals surface area contributed by atoms with Crippen LogP contribution < -0.4 is 10.6 Å². The highest BCUT2D eigenvalue weighted by atomic mass is 15.0. The van der Waals surface area contributed by atoms with Crippen LogP contribution in [0, 0.1) is 11.8 Å². The van der Waals surface area contributed by atoms with Crippen molar-refractivity contribution in [3.05, 3.63) is 0 Å². The van der Waals surface area contributed by atoms with E-state index in [2.05, 4.69) is 38.3 Å². The van der Waals surface area contributed by atoms with Crippen LogP contribution in [0.25, 0.3) is 0 Å². The van der Waals surface area contributed by atoms with Crippen LogP contribution in [0.15, 0.2) is 0 Å². The standard InChI is InChI=1S/C15H30N2/c1-5-6-13(17-14-7-11(14)4)8-12-9-15(12)16-10(2)3/h10-17H,5-9H2,1-4H3/t11?,12-,13?,14+,15?/m0/s1. The van der Waals surface area contributed by atoms with Crippen molar-refractivity contribution in [2.75, 3.05) is 0 Å². The average molecular weight is 238 g/mol. The summed E-state index contributed by atoms with van der Waals surface area (Å²) < 4.78 is 0. The first-order valence-corrected chi connectivity index (χ1v) is 7.62. The van der Waals surface area contributed by atoms with E-state index in [1.807, 2.05) is 0 Å². The van der Waals surface area contributed by atoms with Crippen LogP contribution in [0.2, 0.25) is 0 Å². The molecule has 0 spiro atoms. The predicted molar refractivity (Wildman–Crippen MR) is 74.2 cm³/mol. The van der Waals surface area contributed by atoms with Gasteiger partial charge >= 0.3 is 0 Å². The SMILES string of the molecule is CCCC(C[C@H]1CC1NC(C)C)N[C@@H]1CC1C. The molecule has 0 heterocycles. The number of hydrogen-bond acceptors (Lipinski definition) is 2. The second-order valence-corrected chi connectivity index (χ2v) is 6.63. The zero-order valence-electron chi connectivity index (χ0n) is 12.0. The minimum atomic E-state index is 0.644. The van der Waals surface area contributed by atoms with Crippen molar-refractivity contribution in [1.29, 1.82) is 0 Å². The average Bonchev–Trinajstić information content (AvgIpc) is 3.09. The molecule has 0 bridgehead atoms. The van der Waals surface area contributed by atoms with Gasteiger partial charge in [-0.05, 0) is 37.5 Å². The Morgan fingerprint density at radius 1 is 1.12 bits per heavy atom. The maximum Gasteiger partial charge on any atom is 0.0102 e. The Morgan fingerprint density at radius 3 is 2.35 bits per heavy atom. The van der Waals surface area contributed by atoms with Crippen LogP contribution in [-0.2, 0) is 0 Å². The molecule has 0 aliphatic heterocycles. The molecule has 2 fully saturated rings. The van der Waals surface area contributed by atoms with E-state index in [0.29, 0.717) is 6.04 Å². The highest BCUT2D eigenvalue weighted by Gasteiger charge is 2.40. The van der Waals surface area contributed by atoms with Crippen LogP contribution in [0.3, 0.4) is 0 Å². The largest absolute Gasteiger partial charge is 0.311 e. The third-order valence-corrected chi connectivity index (χ3v) is 4.25. The summed E-state index contributed by atoms with van der Waals surface area (Å²) in [6, 6.07) is 3.07. The fourth-order valence-electron chi connectivity index (χ4n) is 2.98. The van der Waals surface area contributed by atoms with Crippen LogP contribution in [-0.4, -0.2) is 24.2 Å². The van der Waals surface area contributed by atoms with Crippen molar-refractivity contribution in [3.8, 4) is 0 Å². The van der Waals surface area contributed by atoms with E-state index < -0.39 is 0 Å². The summed E-state index contributed by atoms with van der Waals surface area (Å²) in [7, 11) is 0. The van der Waals surface area contributed by atoms with E-state index in [9.17, 15) is 0 Å². The highest BCUT2D eigenvalue weighted by molar-refractivity contribution is 4.98. The molecule has 5 atom stereocenters. The van der Waals surface area contributed by atoms with Crippen molar-refractivity contribution in [2.24, 2.45) is 11.8 Å². The molecule has 2 nitrogen and oxygen atoms in total. The molecule has 0 saturated heterocycles. The van der Waals surface area contributed by atoms with E-state index in [1.54, 1.807) is 0 Å². The smallest absolute Gasteiger partial charge is 0.0102 e. The van der Waals surface area contributed by atoms with Crippen molar-refractivity contribution in [1.82, 2.24) is 10.6 Å². The number of hydrogen-bond donors (Lipinski definition) is 2. The van der Waals surface area contributed by atoms with Crippen LogP contribution in [0.4, 0.5) is 0 Å². The topological polar surface area (TPSA) is 24.1 Å². The Kier molecular flexibility index (Phi) is 4.48. The molecule has 2 rings (SSSR count). The minimum Gasteiger partial charge on any atom is -0.311 e. The normalized spacial score (nSPS) is 37.2. The Balaban J connectivity index is 1.67. The van der Waals surface area contributed by atoms with E-state index in [4.69, 9.17) is 0 Å². The van der Waals surface area contributed by atoms with Gasteiger partial charge in [0.1, 0.15) is 0 Å².